The van der Waals surface area contributed by atoms with Crippen LogP contribution in [0.2, 0.25) is 5.02 Å². The van der Waals surface area contributed by atoms with E-state index in [-0.39, 0.29) is 12.3 Å². The Kier molecular flexibility index (Phi) is 2.70. The summed E-state index contributed by atoms with van der Waals surface area (Å²) < 4.78 is 1.61. The van der Waals surface area contributed by atoms with Crippen LogP contribution in [-0.4, -0.2) is 15.7 Å². The van der Waals surface area contributed by atoms with Crippen LogP contribution < -0.4 is 5.73 Å². The molecular weight excluding hydrogens is 178 g/mol. The number of rotatable bonds is 3. The largest absolute Gasteiger partial charge is 0.370 e. The van der Waals surface area contributed by atoms with E-state index >= 15 is 0 Å². The number of carbonyl (C=O) groups is 1. The first-order chi connectivity index (χ1) is 5.59. The lowest BCUT2D eigenvalue weighted by Crippen LogP contribution is -2.14. The van der Waals surface area contributed by atoms with Crippen molar-refractivity contribution >= 4 is 17.5 Å². The summed E-state index contributed by atoms with van der Waals surface area (Å²) >= 11 is 5.75. The summed E-state index contributed by atoms with van der Waals surface area (Å²) in [6, 6.07) is 0. The Bertz CT molecular complexity index is 275. The van der Waals surface area contributed by atoms with Gasteiger partial charge in [0.05, 0.1) is 10.7 Å². The minimum atomic E-state index is -0.334. The second-order valence-corrected chi connectivity index (χ2v) is 2.95. The van der Waals surface area contributed by atoms with E-state index in [1.165, 1.54) is 0 Å². The third-order valence-electron chi connectivity index (χ3n) is 1.47. The third-order valence-corrected chi connectivity index (χ3v) is 1.84. The number of primary amides is 1. The Morgan fingerprint density at radius 3 is 2.92 bits per heavy atom. The maximum Gasteiger partial charge on any atom is 0.219 e. The van der Waals surface area contributed by atoms with Gasteiger partial charge in [-0.15, -0.1) is 0 Å². The fraction of sp³-hybridized carbons (Fsp3) is 0.429. The molecule has 0 aliphatic carbocycles. The second-order valence-electron chi connectivity index (χ2n) is 2.54. The van der Waals surface area contributed by atoms with Gasteiger partial charge in [-0.3, -0.25) is 9.48 Å². The van der Waals surface area contributed by atoms with Gasteiger partial charge in [0.15, 0.2) is 0 Å². The first-order valence-corrected chi connectivity index (χ1v) is 3.95. The van der Waals surface area contributed by atoms with Crippen LogP contribution in [0.15, 0.2) is 6.20 Å². The van der Waals surface area contributed by atoms with Crippen molar-refractivity contribution in [3.63, 3.8) is 0 Å². The minimum Gasteiger partial charge on any atom is -0.370 e. The van der Waals surface area contributed by atoms with Crippen molar-refractivity contribution in [1.82, 2.24) is 9.78 Å². The number of halogens is 1. The number of aryl methyl sites for hydroxylation is 2. The van der Waals surface area contributed by atoms with Crippen molar-refractivity contribution in [2.24, 2.45) is 5.73 Å². The molecule has 0 radical (unpaired) electrons. The van der Waals surface area contributed by atoms with Gasteiger partial charge in [0.1, 0.15) is 0 Å². The molecule has 0 spiro atoms. The molecule has 66 valence electrons. The standard InChI is InChI=1S/C7H10ClN3O/c1-5-6(8)4-11(10-5)3-2-7(9)12/h4H,2-3H2,1H3,(H2,9,12). The van der Waals surface area contributed by atoms with Gasteiger partial charge < -0.3 is 5.73 Å². The van der Waals surface area contributed by atoms with Crippen molar-refractivity contribution in [3.05, 3.63) is 16.9 Å². The quantitative estimate of drug-likeness (QED) is 0.758. The zero-order valence-corrected chi connectivity index (χ0v) is 7.51. The molecule has 1 aromatic rings. The van der Waals surface area contributed by atoms with Crippen LogP contribution in [-0.2, 0) is 11.3 Å². The minimum absolute atomic E-state index is 0.289. The van der Waals surface area contributed by atoms with Gasteiger partial charge in [-0.2, -0.15) is 5.10 Å². The summed E-state index contributed by atoms with van der Waals surface area (Å²) in [6.45, 7) is 2.30. The molecule has 4 nitrogen and oxygen atoms in total. The predicted octanol–water partition coefficient (Wildman–Crippen LogP) is 0.720. The molecule has 2 N–H and O–H groups in total. The predicted molar refractivity (Wildman–Crippen MR) is 45.8 cm³/mol. The molecule has 0 unspecified atom stereocenters. The van der Waals surface area contributed by atoms with Crippen LogP contribution in [0.1, 0.15) is 12.1 Å². The molecule has 0 aromatic carbocycles. The Balaban J connectivity index is 2.58. The van der Waals surface area contributed by atoms with E-state index in [1.807, 2.05) is 6.92 Å². The molecule has 0 bridgehead atoms. The molecule has 12 heavy (non-hydrogen) atoms. The monoisotopic (exact) mass is 187 g/mol. The normalized spacial score (nSPS) is 10.2. The molecule has 5 heteroatoms. The summed E-state index contributed by atoms with van der Waals surface area (Å²) in [5, 5.41) is 4.67. The number of nitrogens with two attached hydrogens (primary N) is 1. The SMILES string of the molecule is Cc1nn(CCC(N)=O)cc1Cl. The summed E-state index contributed by atoms with van der Waals surface area (Å²) in [4.78, 5) is 10.4. The Morgan fingerprint density at radius 2 is 2.50 bits per heavy atom. The van der Waals surface area contributed by atoms with Crippen molar-refractivity contribution in [3.8, 4) is 0 Å². The lowest BCUT2D eigenvalue weighted by Gasteiger charge is -1.96. The first kappa shape index (κ1) is 9.06. The number of carbonyl (C=O) groups excluding carboxylic acids is 1. The summed E-state index contributed by atoms with van der Waals surface area (Å²) in [5.74, 6) is -0.334. The number of hydrogen-bond acceptors (Lipinski definition) is 2. The molecular formula is C7H10ClN3O. The molecule has 1 aromatic heterocycles. The molecule has 0 fully saturated rings. The third kappa shape index (κ3) is 2.23. The summed E-state index contributed by atoms with van der Waals surface area (Å²) in [5.41, 5.74) is 5.74. The maximum absolute atomic E-state index is 10.4. The molecule has 1 amide bonds. The van der Waals surface area contributed by atoms with Crippen LogP contribution >= 0.6 is 11.6 Å². The van der Waals surface area contributed by atoms with Gasteiger partial charge in [0.2, 0.25) is 5.91 Å². The number of amides is 1. The summed E-state index contributed by atoms with van der Waals surface area (Å²) in [7, 11) is 0. The highest BCUT2D eigenvalue weighted by Crippen LogP contribution is 2.11. The van der Waals surface area contributed by atoms with E-state index in [9.17, 15) is 4.79 Å². The van der Waals surface area contributed by atoms with E-state index in [4.69, 9.17) is 17.3 Å². The van der Waals surface area contributed by atoms with E-state index in [1.54, 1.807) is 10.9 Å². The van der Waals surface area contributed by atoms with Crippen molar-refractivity contribution in [2.45, 2.75) is 19.9 Å². The van der Waals surface area contributed by atoms with Crippen molar-refractivity contribution in [2.75, 3.05) is 0 Å². The zero-order valence-electron chi connectivity index (χ0n) is 6.75. The zero-order chi connectivity index (χ0) is 9.14. The fourth-order valence-electron chi connectivity index (χ4n) is 0.833. The van der Waals surface area contributed by atoms with Gasteiger partial charge in [0.25, 0.3) is 0 Å². The average molecular weight is 188 g/mol. The lowest BCUT2D eigenvalue weighted by atomic mass is 10.4. The smallest absolute Gasteiger partial charge is 0.219 e. The Morgan fingerprint density at radius 1 is 1.83 bits per heavy atom. The molecule has 0 aliphatic rings. The first-order valence-electron chi connectivity index (χ1n) is 3.57. The van der Waals surface area contributed by atoms with Crippen molar-refractivity contribution in [1.29, 1.82) is 0 Å². The average Bonchev–Trinajstić information content (AvgIpc) is 2.28. The molecule has 0 atom stereocenters. The number of aromatic nitrogens is 2. The van der Waals surface area contributed by atoms with Crippen LogP contribution in [0.4, 0.5) is 0 Å². The summed E-state index contributed by atoms with van der Waals surface area (Å²) in [6.07, 6.45) is 1.97. The van der Waals surface area contributed by atoms with Crippen LogP contribution in [0.25, 0.3) is 0 Å². The second kappa shape index (κ2) is 3.58. The topological polar surface area (TPSA) is 60.9 Å². The van der Waals surface area contributed by atoms with Crippen molar-refractivity contribution < 1.29 is 4.79 Å². The van der Waals surface area contributed by atoms with Gasteiger partial charge in [-0.05, 0) is 6.92 Å². The molecule has 0 saturated carbocycles. The molecule has 0 saturated heterocycles. The number of hydrogen-bond donors (Lipinski definition) is 1. The molecule has 1 rings (SSSR count). The highest BCUT2D eigenvalue weighted by atomic mass is 35.5. The maximum atomic E-state index is 10.4. The lowest BCUT2D eigenvalue weighted by molar-refractivity contribution is -0.118. The Hall–Kier alpha value is -1.03. The van der Waals surface area contributed by atoms with Crippen LogP contribution in [0, 0.1) is 6.92 Å². The van der Waals surface area contributed by atoms with E-state index in [0.29, 0.717) is 11.6 Å². The Labute approximate surface area is 75.3 Å². The highest BCUT2D eigenvalue weighted by molar-refractivity contribution is 6.31. The van der Waals surface area contributed by atoms with E-state index in [0.717, 1.165) is 5.69 Å². The van der Waals surface area contributed by atoms with Gasteiger partial charge in [-0.25, -0.2) is 0 Å². The van der Waals surface area contributed by atoms with Gasteiger partial charge in [-0.1, -0.05) is 11.6 Å². The fourth-order valence-corrected chi connectivity index (χ4v) is 0.983. The van der Waals surface area contributed by atoms with Gasteiger partial charge in [0, 0.05) is 19.2 Å². The molecule has 1 heterocycles. The van der Waals surface area contributed by atoms with Crippen LogP contribution in [0.3, 0.4) is 0 Å². The number of nitrogens with zero attached hydrogens (tertiary/aromatic N) is 2. The highest BCUT2D eigenvalue weighted by Gasteiger charge is 2.02. The van der Waals surface area contributed by atoms with Crippen LogP contribution in [0.5, 0.6) is 0 Å². The van der Waals surface area contributed by atoms with E-state index in [2.05, 4.69) is 5.10 Å². The van der Waals surface area contributed by atoms with E-state index < -0.39 is 0 Å². The molecule has 0 aliphatic heterocycles. The van der Waals surface area contributed by atoms with Gasteiger partial charge >= 0.3 is 0 Å².